The summed E-state index contributed by atoms with van der Waals surface area (Å²) in [6.07, 6.45) is 1.19. The average Bonchev–Trinajstić information content (AvgIpc) is 2.83. The van der Waals surface area contributed by atoms with Gasteiger partial charge in [0.05, 0.1) is 12.0 Å². The predicted molar refractivity (Wildman–Crippen MR) is 134 cm³/mol. The SMILES string of the molecule is CCCc1c(O[C@@H]2CCC[C@@H](Sc3ccc(C(=O)CCC(=O)O)cc3F)[C@@H]2O)ccc(C(C)=O)c1O. The highest BCUT2D eigenvalue weighted by Gasteiger charge is 2.35. The highest BCUT2D eigenvalue weighted by atomic mass is 32.2. The molecule has 1 aliphatic rings. The fourth-order valence-electron chi connectivity index (χ4n) is 4.32. The Morgan fingerprint density at radius 3 is 2.53 bits per heavy atom. The highest BCUT2D eigenvalue weighted by Crippen LogP contribution is 2.39. The summed E-state index contributed by atoms with van der Waals surface area (Å²) in [6, 6.07) is 7.21. The summed E-state index contributed by atoms with van der Waals surface area (Å²) in [5.74, 6) is -2.07. The summed E-state index contributed by atoms with van der Waals surface area (Å²) in [5.41, 5.74) is 0.867. The molecule has 0 aromatic heterocycles. The van der Waals surface area contributed by atoms with Gasteiger partial charge in [-0.15, -0.1) is 11.8 Å². The monoisotopic (exact) mass is 518 g/mol. The van der Waals surface area contributed by atoms with Gasteiger partial charge >= 0.3 is 5.97 Å². The minimum Gasteiger partial charge on any atom is -0.507 e. The largest absolute Gasteiger partial charge is 0.507 e. The number of Topliss-reactive ketones (excluding diaryl/α,β-unsaturated/α-hetero) is 2. The summed E-state index contributed by atoms with van der Waals surface area (Å²) in [6.45, 7) is 3.33. The summed E-state index contributed by atoms with van der Waals surface area (Å²) in [4.78, 5) is 34.9. The molecule has 3 N–H and O–H groups in total. The molecule has 9 heteroatoms. The summed E-state index contributed by atoms with van der Waals surface area (Å²) >= 11 is 1.17. The van der Waals surface area contributed by atoms with Gasteiger partial charge in [0.15, 0.2) is 11.6 Å². The number of ketones is 2. The number of ether oxygens (including phenoxy) is 1. The zero-order chi connectivity index (χ0) is 26.4. The lowest BCUT2D eigenvalue weighted by atomic mass is 9.93. The van der Waals surface area contributed by atoms with E-state index in [2.05, 4.69) is 0 Å². The quantitative estimate of drug-likeness (QED) is 0.348. The van der Waals surface area contributed by atoms with Gasteiger partial charge in [-0.2, -0.15) is 0 Å². The van der Waals surface area contributed by atoms with Gasteiger partial charge < -0.3 is 20.1 Å². The number of aliphatic hydroxyl groups is 1. The van der Waals surface area contributed by atoms with Crippen LogP contribution in [-0.4, -0.2) is 50.3 Å². The molecule has 194 valence electrons. The Bertz CT molecular complexity index is 1130. The van der Waals surface area contributed by atoms with Crippen molar-refractivity contribution >= 4 is 29.3 Å². The molecule has 0 aliphatic heterocycles. The minimum atomic E-state index is -1.09. The Kier molecular flexibility index (Phi) is 9.50. The van der Waals surface area contributed by atoms with Gasteiger partial charge in [-0.1, -0.05) is 19.4 Å². The number of aromatic hydroxyl groups is 1. The molecule has 0 spiro atoms. The molecule has 7 nitrogen and oxygen atoms in total. The number of carboxylic acid groups (broad SMARTS) is 1. The number of thioether (sulfide) groups is 1. The molecule has 0 radical (unpaired) electrons. The standard InChI is InChI=1S/C27H31FO7S/c1-3-5-18-21(11-9-17(15(2)29)26(18)33)35-22-6-4-7-24(27(22)34)36-23-12-8-16(14-19(23)28)20(30)10-13-25(31)32/h8-9,11-12,14,22,24,27,33-34H,3-7,10,13H2,1-2H3,(H,31,32)/t22-,24-,27-/m1/s1. The lowest BCUT2D eigenvalue weighted by molar-refractivity contribution is -0.136. The smallest absolute Gasteiger partial charge is 0.303 e. The molecule has 0 unspecified atom stereocenters. The zero-order valence-corrected chi connectivity index (χ0v) is 21.1. The van der Waals surface area contributed by atoms with Crippen LogP contribution in [0.25, 0.3) is 0 Å². The lowest BCUT2D eigenvalue weighted by Gasteiger charge is -2.35. The van der Waals surface area contributed by atoms with E-state index in [9.17, 15) is 29.0 Å². The number of carboxylic acids is 1. The molecule has 0 saturated heterocycles. The number of phenolic OH excluding ortho intramolecular Hbond substituents is 1. The molecule has 1 saturated carbocycles. The number of aliphatic carboxylic acids is 1. The second-order valence-electron chi connectivity index (χ2n) is 8.94. The van der Waals surface area contributed by atoms with Crippen LogP contribution in [0.5, 0.6) is 11.5 Å². The molecule has 36 heavy (non-hydrogen) atoms. The van der Waals surface area contributed by atoms with Gasteiger partial charge in [-0.05, 0) is 56.9 Å². The van der Waals surface area contributed by atoms with Crippen LogP contribution in [0, 0.1) is 5.82 Å². The predicted octanol–water partition coefficient (Wildman–Crippen LogP) is 5.19. The van der Waals surface area contributed by atoms with Crippen molar-refractivity contribution in [1.82, 2.24) is 0 Å². The number of hydrogen-bond acceptors (Lipinski definition) is 7. The molecule has 1 fully saturated rings. The van der Waals surface area contributed by atoms with Crippen molar-refractivity contribution in [1.29, 1.82) is 0 Å². The van der Waals surface area contributed by atoms with Crippen LogP contribution in [-0.2, 0) is 11.2 Å². The van der Waals surface area contributed by atoms with Crippen molar-refractivity contribution in [2.75, 3.05) is 0 Å². The maximum absolute atomic E-state index is 14.8. The number of rotatable bonds is 11. The number of benzene rings is 2. The maximum Gasteiger partial charge on any atom is 0.303 e. The molecule has 3 rings (SSSR count). The normalized spacial score (nSPS) is 19.6. The van der Waals surface area contributed by atoms with Gasteiger partial charge in [-0.3, -0.25) is 14.4 Å². The van der Waals surface area contributed by atoms with E-state index in [1.54, 1.807) is 6.07 Å². The Morgan fingerprint density at radius 1 is 1.14 bits per heavy atom. The molecular formula is C27H31FO7S. The third-order valence-corrected chi connectivity index (χ3v) is 7.64. The molecule has 0 amide bonds. The third-order valence-electron chi connectivity index (χ3n) is 6.23. The number of phenols is 1. The van der Waals surface area contributed by atoms with Crippen LogP contribution in [0.4, 0.5) is 4.39 Å². The summed E-state index contributed by atoms with van der Waals surface area (Å²) in [7, 11) is 0. The Morgan fingerprint density at radius 2 is 1.89 bits per heavy atom. The van der Waals surface area contributed by atoms with Crippen LogP contribution in [0.15, 0.2) is 35.2 Å². The summed E-state index contributed by atoms with van der Waals surface area (Å²) in [5, 5.41) is 30.0. The van der Waals surface area contributed by atoms with Gasteiger partial charge in [0, 0.05) is 27.7 Å². The first kappa shape index (κ1) is 27.7. The second kappa shape index (κ2) is 12.4. The van der Waals surface area contributed by atoms with Crippen LogP contribution >= 0.6 is 11.8 Å². The van der Waals surface area contributed by atoms with Gasteiger partial charge in [0.2, 0.25) is 0 Å². The van der Waals surface area contributed by atoms with Crippen molar-refractivity contribution in [2.24, 2.45) is 0 Å². The van der Waals surface area contributed by atoms with Crippen molar-refractivity contribution in [3.63, 3.8) is 0 Å². The van der Waals surface area contributed by atoms with Crippen molar-refractivity contribution < 1.29 is 38.8 Å². The molecule has 0 bridgehead atoms. The maximum atomic E-state index is 14.8. The first-order valence-corrected chi connectivity index (χ1v) is 12.9. The van der Waals surface area contributed by atoms with Crippen LogP contribution < -0.4 is 4.74 Å². The van der Waals surface area contributed by atoms with Crippen molar-refractivity contribution in [3.05, 3.63) is 52.8 Å². The zero-order valence-electron chi connectivity index (χ0n) is 20.3. The van der Waals surface area contributed by atoms with E-state index in [0.717, 1.165) is 18.9 Å². The molecule has 2 aromatic carbocycles. The van der Waals surface area contributed by atoms with Gasteiger partial charge in [0.25, 0.3) is 0 Å². The molecule has 2 aromatic rings. The van der Waals surface area contributed by atoms with Crippen molar-refractivity contribution in [2.45, 2.75) is 81.1 Å². The minimum absolute atomic E-state index is 0.0989. The van der Waals surface area contributed by atoms with E-state index < -0.39 is 29.8 Å². The first-order chi connectivity index (χ1) is 17.1. The second-order valence-corrected chi connectivity index (χ2v) is 10.2. The Labute approximate surface area is 213 Å². The topological polar surface area (TPSA) is 121 Å². The van der Waals surface area contributed by atoms with E-state index in [0.29, 0.717) is 30.6 Å². The fourth-order valence-corrected chi connectivity index (χ4v) is 5.57. The Hall–Kier alpha value is -2.91. The Balaban J connectivity index is 1.73. The van der Waals surface area contributed by atoms with Crippen molar-refractivity contribution in [3.8, 4) is 11.5 Å². The number of carbonyl (C=O) groups is 3. The van der Waals surface area contributed by atoms with Crippen LogP contribution in [0.3, 0.4) is 0 Å². The molecule has 1 aliphatic carbocycles. The fraction of sp³-hybridized carbons (Fsp3) is 0.444. The lowest BCUT2D eigenvalue weighted by Crippen LogP contribution is -2.43. The third kappa shape index (κ3) is 6.64. The van der Waals surface area contributed by atoms with E-state index >= 15 is 0 Å². The number of carbonyl (C=O) groups excluding carboxylic acids is 2. The van der Waals surface area contributed by atoms with Crippen LogP contribution in [0.1, 0.15) is 78.7 Å². The number of hydrogen-bond donors (Lipinski definition) is 3. The van der Waals surface area contributed by atoms with E-state index in [1.165, 1.54) is 36.9 Å². The highest BCUT2D eigenvalue weighted by molar-refractivity contribution is 8.00. The van der Waals surface area contributed by atoms with E-state index in [-0.39, 0.29) is 45.6 Å². The van der Waals surface area contributed by atoms with E-state index in [1.807, 2.05) is 6.92 Å². The van der Waals surface area contributed by atoms with Gasteiger partial charge in [0.1, 0.15) is 29.5 Å². The number of aliphatic hydroxyl groups excluding tert-OH is 1. The molecule has 0 heterocycles. The first-order valence-electron chi connectivity index (χ1n) is 12.0. The molecule has 3 atom stereocenters. The molecular weight excluding hydrogens is 487 g/mol. The van der Waals surface area contributed by atoms with Crippen LogP contribution in [0.2, 0.25) is 0 Å². The van der Waals surface area contributed by atoms with E-state index in [4.69, 9.17) is 9.84 Å². The average molecular weight is 519 g/mol. The summed E-state index contributed by atoms with van der Waals surface area (Å²) < 4.78 is 20.9. The van der Waals surface area contributed by atoms with Gasteiger partial charge in [-0.25, -0.2) is 4.39 Å². The number of halogens is 1.